The van der Waals surface area contributed by atoms with Crippen LogP contribution in [0.3, 0.4) is 0 Å². The maximum Gasteiger partial charge on any atom is 0.191 e. The van der Waals surface area contributed by atoms with Crippen molar-refractivity contribution in [3.63, 3.8) is 0 Å². The van der Waals surface area contributed by atoms with Crippen LogP contribution in [-0.4, -0.2) is 35.9 Å². The van der Waals surface area contributed by atoms with E-state index in [4.69, 9.17) is 0 Å². The number of nitrogens with zero attached hydrogens (tertiary/aromatic N) is 4. The number of aliphatic imine (C=N–C) groups is 1. The lowest BCUT2D eigenvalue weighted by atomic mass is 10.1. The fourth-order valence-corrected chi connectivity index (χ4v) is 4.22. The van der Waals surface area contributed by atoms with Gasteiger partial charge in [-0.15, -0.1) is 0 Å². The van der Waals surface area contributed by atoms with Gasteiger partial charge < -0.3 is 15.5 Å². The fraction of sp³-hybridized carbons (Fsp3) is 0.565. The minimum atomic E-state index is 0.175. The number of anilines is 1. The molecule has 2 heterocycles. The molecule has 158 valence electrons. The monoisotopic (exact) mass is 396 g/mol. The first kappa shape index (κ1) is 21.2. The number of guanidine groups is 1. The Morgan fingerprint density at radius 3 is 2.62 bits per heavy atom. The number of aryl methyl sites for hydroxylation is 2. The molecule has 1 aliphatic heterocycles. The molecule has 6 nitrogen and oxygen atoms in total. The van der Waals surface area contributed by atoms with Crippen LogP contribution >= 0.6 is 0 Å². The molecule has 1 aromatic carbocycles. The molecule has 2 aromatic rings. The van der Waals surface area contributed by atoms with Crippen molar-refractivity contribution in [2.75, 3.05) is 25.0 Å². The van der Waals surface area contributed by atoms with Crippen LogP contribution in [0.4, 0.5) is 5.69 Å². The van der Waals surface area contributed by atoms with Gasteiger partial charge in [-0.2, -0.15) is 5.10 Å². The van der Waals surface area contributed by atoms with Crippen LogP contribution in [0.5, 0.6) is 0 Å². The second-order valence-electron chi connectivity index (χ2n) is 7.78. The highest BCUT2D eigenvalue weighted by molar-refractivity contribution is 5.80. The van der Waals surface area contributed by atoms with E-state index in [1.54, 1.807) is 0 Å². The first-order valence-electron chi connectivity index (χ1n) is 10.9. The van der Waals surface area contributed by atoms with Crippen molar-refractivity contribution in [2.24, 2.45) is 12.0 Å². The van der Waals surface area contributed by atoms with Crippen LogP contribution in [0.25, 0.3) is 0 Å². The summed E-state index contributed by atoms with van der Waals surface area (Å²) in [6, 6.07) is 9.05. The molecule has 0 amide bonds. The van der Waals surface area contributed by atoms with Crippen LogP contribution in [0.15, 0.2) is 29.3 Å². The smallest absolute Gasteiger partial charge is 0.191 e. The summed E-state index contributed by atoms with van der Waals surface area (Å²) in [5.74, 6) is 0.817. The highest BCUT2D eigenvalue weighted by Crippen LogP contribution is 2.24. The first-order chi connectivity index (χ1) is 14.1. The molecule has 0 spiro atoms. The van der Waals surface area contributed by atoms with E-state index in [2.05, 4.69) is 70.7 Å². The standard InChI is InChI=1S/C23H36N6/c1-6-21-20(22(7-2)28(5)27-21)16-25-23(24-4)26-17(3)18-11-10-12-19(15-18)29-13-8-9-14-29/h10-12,15,17H,6-9,13-14,16H2,1-5H3,(H2,24,25,26). The van der Waals surface area contributed by atoms with Crippen molar-refractivity contribution in [3.05, 3.63) is 46.8 Å². The summed E-state index contributed by atoms with van der Waals surface area (Å²) in [5.41, 5.74) is 6.35. The number of hydrogen-bond acceptors (Lipinski definition) is 3. The van der Waals surface area contributed by atoms with Gasteiger partial charge in [0.05, 0.1) is 11.7 Å². The number of rotatable bonds is 7. The van der Waals surface area contributed by atoms with Gasteiger partial charge in [0, 0.05) is 50.7 Å². The van der Waals surface area contributed by atoms with Crippen LogP contribution in [0.1, 0.15) is 62.2 Å². The summed E-state index contributed by atoms with van der Waals surface area (Å²) in [6.45, 7) is 9.60. The van der Waals surface area contributed by atoms with Gasteiger partial charge in [0.15, 0.2) is 5.96 Å². The topological polar surface area (TPSA) is 57.5 Å². The van der Waals surface area contributed by atoms with Crippen molar-refractivity contribution in [2.45, 2.75) is 59.0 Å². The summed E-state index contributed by atoms with van der Waals surface area (Å²) in [5, 5.41) is 11.7. The third kappa shape index (κ3) is 4.92. The molecule has 0 radical (unpaired) electrons. The zero-order valence-electron chi connectivity index (χ0n) is 18.6. The van der Waals surface area contributed by atoms with E-state index < -0.39 is 0 Å². The molecule has 29 heavy (non-hydrogen) atoms. The predicted molar refractivity (Wildman–Crippen MR) is 122 cm³/mol. The van der Waals surface area contributed by atoms with Gasteiger partial charge in [0.1, 0.15) is 0 Å². The number of hydrogen-bond donors (Lipinski definition) is 2. The fourth-order valence-electron chi connectivity index (χ4n) is 4.22. The molecule has 6 heteroatoms. The Balaban J connectivity index is 1.65. The van der Waals surface area contributed by atoms with E-state index in [9.17, 15) is 0 Å². The number of benzene rings is 1. The molecule has 0 saturated carbocycles. The zero-order chi connectivity index (χ0) is 20.8. The maximum absolute atomic E-state index is 4.67. The zero-order valence-corrected chi connectivity index (χ0v) is 18.6. The molecule has 1 unspecified atom stereocenters. The largest absolute Gasteiger partial charge is 0.372 e. The average molecular weight is 397 g/mol. The summed E-state index contributed by atoms with van der Waals surface area (Å²) in [7, 11) is 3.86. The van der Waals surface area contributed by atoms with Crippen molar-refractivity contribution >= 4 is 11.6 Å². The molecule has 0 bridgehead atoms. The molecular weight excluding hydrogens is 360 g/mol. The Labute approximate surface area is 175 Å². The Hall–Kier alpha value is -2.50. The summed E-state index contributed by atoms with van der Waals surface area (Å²) in [4.78, 5) is 6.92. The Morgan fingerprint density at radius 2 is 1.97 bits per heavy atom. The van der Waals surface area contributed by atoms with Crippen LogP contribution < -0.4 is 15.5 Å². The third-order valence-electron chi connectivity index (χ3n) is 5.88. The van der Waals surface area contributed by atoms with Crippen molar-refractivity contribution in [1.82, 2.24) is 20.4 Å². The minimum absolute atomic E-state index is 0.175. The predicted octanol–water partition coefficient (Wildman–Crippen LogP) is 3.57. The molecule has 1 aromatic heterocycles. The first-order valence-corrected chi connectivity index (χ1v) is 10.9. The van der Waals surface area contributed by atoms with Gasteiger partial charge in [-0.05, 0) is 50.3 Å². The van der Waals surface area contributed by atoms with E-state index in [0.717, 1.165) is 25.3 Å². The number of aromatic nitrogens is 2. The van der Waals surface area contributed by atoms with E-state index in [-0.39, 0.29) is 6.04 Å². The van der Waals surface area contributed by atoms with Crippen LogP contribution in [0.2, 0.25) is 0 Å². The van der Waals surface area contributed by atoms with E-state index in [0.29, 0.717) is 0 Å². The van der Waals surface area contributed by atoms with Gasteiger partial charge in [0.2, 0.25) is 0 Å². The van der Waals surface area contributed by atoms with E-state index in [1.807, 2.05) is 18.8 Å². The summed E-state index contributed by atoms with van der Waals surface area (Å²) in [6.07, 6.45) is 4.51. The lowest BCUT2D eigenvalue weighted by molar-refractivity contribution is 0.681. The second kappa shape index (κ2) is 9.81. The lowest BCUT2D eigenvalue weighted by Crippen LogP contribution is -2.38. The highest BCUT2D eigenvalue weighted by atomic mass is 15.3. The van der Waals surface area contributed by atoms with Gasteiger partial charge in [-0.1, -0.05) is 26.0 Å². The lowest BCUT2D eigenvalue weighted by Gasteiger charge is -2.22. The molecule has 1 aliphatic rings. The van der Waals surface area contributed by atoms with Gasteiger partial charge >= 0.3 is 0 Å². The molecule has 0 aliphatic carbocycles. The highest BCUT2D eigenvalue weighted by Gasteiger charge is 2.16. The Kier molecular flexibility index (Phi) is 7.18. The normalized spacial score (nSPS) is 15.6. The molecule has 2 N–H and O–H groups in total. The third-order valence-corrected chi connectivity index (χ3v) is 5.88. The van der Waals surface area contributed by atoms with Gasteiger partial charge in [-0.25, -0.2) is 0 Å². The van der Waals surface area contributed by atoms with E-state index >= 15 is 0 Å². The Bertz CT molecular complexity index is 832. The Morgan fingerprint density at radius 1 is 1.21 bits per heavy atom. The molecule has 3 rings (SSSR count). The SMILES string of the molecule is CCc1nn(C)c(CC)c1CNC(=NC)NC(C)c1cccc(N2CCCC2)c1. The summed E-state index contributed by atoms with van der Waals surface area (Å²) >= 11 is 0. The maximum atomic E-state index is 4.67. The number of nitrogens with one attached hydrogen (secondary N) is 2. The van der Waals surface area contributed by atoms with Crippen molar-refractivity contribution in [3.8, 4) is 0 Å². The summed E-state index contributed by atoms with van der Waals surface area (Å²) < 4.78 is 2.01. The van der Waals surface area contributed by atoms with Gasteiger partial charge in [-0.3, -0.25) is 9.67 Å². The second-order valence-corrected chi connectivity index (χ2v) is 7.78. The van der Waals surface area contributed by atoms with Crippen LogP contribution in [-0.2, 0) is 26.4 Å². The van der Waals surface area contributed by atoms with Crippen molar-refractivity contribution < 1.29 is 0 Å². The van der Waals surface area contributed by atoms with Crippen molar-refractivity contribution in [1.29, 1.82) is 0 Å². The van der Waals surface area contributed by atoms with Crippen LogP contribution in [0, 0.1) is 0 Å². The molecular formula is C23H36N6. The molecule has 1 atom stereocenters. The quantitative estimate of drug-likeness (QED) is 0.555. The van der Waals surface area contributed by atoms with E-state index in [1.165, 1.54) is 54.1 Å². The minimum Gasteiger partial charge on any atom is -0.372 e. The average Bonchev–Trinajstić information content (AvgIpc) is 3.38. The molecule has 1 fully saturated rings. The molecule has 1 saturated heterocycles. The van der Waals surface area contributed by atoms with Gasteiger partial charge in [0.25, 0.3) is 0 Å².